The van der Waals surface area contributed by atoms with E-state index in [2.05, 4.69) is 81.4 Å². The maximum Gasteiger partial charge on any atom is 0.261 e. The molecule has 0 atom stereocenters. The van der Waals surface area contributed by atoms with Crippen LogP contribution in [0.15, 0.2) is 60.7 Å². The molecule has 0 aliphatic heterocycles. The summed E-state index contributed by atoms with van der Waals surface area (Å²) in [5.74, 6) is 0.0309. The normalized spacial score (nSPS) is 12.5. The summed E-state index contributed by atoms with van der Waals surface area (Å²) < 4.78 is 6.90. The van der Waals surface area contributed by atoms with Crippen LogP contribution in [0.2, 0.25) is 5.04 Å². The average molecular weight is 415 g/mol. The number of hydrogen-bond acceptors (Lipinski definition) is 3. The smallest absolute Gasteiger partial charge is 0.261 e. The first-order valence-corrected chi connectivity index (χ1v) is 12.8. The van der Waals surface area contributed by atoms with Gasteiger partial charge in [0.2, 0.25) is 0 Å². The molecule has 0 heterocycles. The van der Waals surface area contributed by atoms with Gasteiger partial charge in [0.15, 0.2) is 0 Å². The minimum atomic E-state index is -2.41. The molecule has 0 fully saturated rings. The van der Waals surface area contributed by atoms with Crippen molar-refractivity contribution in [2.24, 2.45) is 5.92 Å². The first kappa shape index (κ1) is 23.8. The van der Waals surface area contributed by atoms with E-state index in [0.29, 0.717) is 0 Å². The maximum absolute atomic E-state index is 9.17. The lowest BCUT2D eigenvalue weighted by atomic mass is 10.0. The lowest BCUT2D eigenvalue weighted by Gasteiger charge is -2.43. The SMILES string of the molecule is CC(C)(C)[Si](OCCCCCCC(CO)CO)(c1ccccc1)c1ccccc1. The molecule has 0 spiro atoms. The zero-order valence-electron chi connectivity index (χ0n) is 18.3. The van der Waals surface area contributed by atoms with Gasteiger partial charge >= 0.3 is 0 Å². The molecule has 2 aromatic carbocycles. The predicted octanol–water partition coefficient (Wildman–Crippen LogP) is 4.11. The van der Waals surface area contributed by atoms with Gasteiger partial charge in [-0.05, 0) is 28.3 Å². The first-order valence-electron chi connectivity index (χ1n) is 10.9. The summed E-state index contributed by atoms with van der Waals surface area (Å²) in [5.41, 5.74) is 0. The van der Waals surface area contributed by atoms with Crippen LogP contribution in [-0.2, 0) is 4.43 Å². The second kappa shape index (κ2) is 11.7. The van der Waals surface area contributed by atoms with Crippen molar-refractivity contribution in [3.63, 3.8) is 0 Å². The third kappa shape index (κ3) is 6.26. The fourth-order valence-electron chi connectivity index (χ4n) is 4.12. The molecule has 0 radical (unpaired) electrons. The minimum absolute atomic E-state index is 0.0190. The number of rotatable bonds is 12. The van der Waals surface area contributed by atoms with Crippen LogP contribution in [0.25, 0.3) is 0 Å². The number of aliphatic hydroxyl groups is 2. The number of unbranched alkanes of at least 4 members (excludes halogenated alkanes) is 3. The largest absolute Gasteiger partial charge is 0.407 e. The standard InChI is InChI=1S/C25H38O3Si/c1-25(2,3)29(23-15-9-6-10-16-23,24-17-11-7-12-18-24)28-19-13-5-4-8-14-22(20-26)21-27/h6-7,9-12,15-18,22,26-27H,4-5,8,13-14,19-21H2,1-3H3. The quantitative estimate of drug-likeness (QED) is 0.406. The molecule has 0 saturated carbocycles. The summed E-state index contributed by atoms with van der Waals surface area (Å²) in [7, 11) is -2.41. The van der Waals surface area contributed by atoms with Crippen molar-refractivity contribution in [3.8, 4) is 0 Å². The molecule has 0 aliphatic rings. The zero-order chi connectivity index (χ0) is 21.2. The van der Waals surface area contributed by atoms with Gasteiger partial charge in [-0.3, -0.25) is 0 Å². The topological polar surface area (TPSA) is 49.7 Å². The molecule has 0 bridgehead atoms. The van der Waals surface area contributed by atoms with E-state index >= 15 is 0 Å². The van der Waals surface area contributed by atoms with E-state index in [1.807, 2.05) is 0 Å². The van der Waals surface area contributed by atoms with E-state index in [0.717, 1.165) is 38.7 Å². The first-order chi connectivity index (χ1) is 14.0. The molecular formula is C25H38O3Si. The van der Waals surface area contributed by atoms with E-state index in [4.69, 9.17) is 4.43 Å². The van der Waals surface area contributed by atoms with Crippen LogP contribution >= 0.6 is 0 Å². The summed E-state index contributed by atoms with van der Waals surface area (Å²) in [4.78, 5) is 0. The molecule has 0 aromatic heterocycles. The molecule has 3 nitrogen and oxygen atoms in total. The van der Waals surface area contributed by atoms with Crippen LogP contribution in [-0.4, -0.2) is 38.4 Å². The van der Waals surface area contributed by atoms with Crippen molar-refractivity contribution in [1.29, 1.82) is 0 Å². The number of aliphatic hydroxyl groups excluding tert-OH is 2. The third-order valence-electron chi connectivity index (χ3n) is 5.76. The fourth-order valence-corrected chi connectivity index (χ4v) is 8.72. The lowest BCUT2D eigenvalue weighted by Crippen LogP contribution is -2.66. The van der Waals surface area contributed by atoms with Crippen LogP contribution < -0.4 is 10.4 Å². The molecule has 160 valence electrons. The van der Waals surface area contributed by atoms with E-state index in [1.165, 1.54) is 10.4 Å². The second-order valence-corrected chi connectivity index (χ2v) is 13.3. The lowest BCUT2D eigenvalue weighted by molar-refractivity contribution is 0.141. The summed E-state index contributed by atoms with van der Waals surface area (Å²) in [5, 5.41) is 21.0. The van der Waals surface area contributed by atoms with E-state index in [9.17, 15) is 10.2 Å². The Labute approximate surface area is 177 Å². The molecule has 4 heteroatoms. The number of hydrogen-bond donors (Lipinski definition) is 2. The van der Waals surface area contributed by atoms with Gasteiger partial charge in [0.1, 0.15) is 0 Å². The summed E-state index contributed by atoms with van der Waals surface area (Å²) in [6.45, 7) is 7.84. The highest BCUT2D eigenvalue weighted by molar-refractivity contribution is 6.99. The van der Waals surface area contributed by atoms with Crippen molar-refractivity contribution in [2.45, 2.75) is 57.9 Å². The molecule has 0 unspecified atom stereocenters. The van der Waals surface area contributed by atoms with Gasteiger partial charge in [0, 0.05) is 25.7 Å². The molecule has 0 saturated heterocycles. The van der Waals surface area contributed by atoms with E-state index < -0.39 is 8.32 Å². The minimum Gasteiger partial charge on any atom is -0.407 e. The monoisotopic (exact) mass is 414 g/mol. The van der Waals surface area contributed by atoms with Crippen LogP contribution in [0.4, 0.5) is 0 Å². The Morgan fingerprint density at radius 2 is 1.24 bits per heavy atom. The van der Waals surface area contributed by atoms with Gasteiger partial charge in [-0.15, -0.1) is 0 Å². The van der Waals surface area contributed by atoms with E-state index in [-0.39, 0.29) is 24.2 Å². The van der Waals surface area contributed by atoms with Crippen molar-refractivity contribution in [1.82, 2.24) is 0 Å². The highest BCUT2D eigenvalue weighted by Crippen LogP contribution is 2.36. The summed E-state index contributed by atoms with van der Waals surface area (Å²) in [6.07, 6.45) is 5.20. The van der Waals surface area contributed by atoms with E-state index in [1.54, 1.807) is 0 Å². The van der Waals surface area contributed by atoms with Gasteiger partial charge < -0.3 is 14.6 Å². The van der Waals surface area contributed by atoms with Crippen molar-refractivity contribution < 1.29 is 14.6 Å². The molecule has 0 aliphatic carbocycles. The van der Waals surface area contributed by atoms with Gasteiger partial charge in [-0.25, -0.2) is 0 Å². The van der Waals surface area contributed by atoms with Gasteiger partial charge in [-0.2, -0.15) is 0 Å². The Morgan fingerprint density at radius 1 is 0.759 bits per heavy atom. The Bertz CT molecular complexity index is 639. The second-order valence-electron chi connectivity index (χ2n) is 8.95. The summed E-state index contributed by atoms with van der Waals surface area (Å²) >= 11 is 0. The molecular weight excluding hydrogens is 376 g/mol. The molecule has 29 heavy (non-hydrogen) atoms. The van der Waals surface area contributed by atoms with Crippen LogP contribution in [0.3, 0.4) is 0 Å². The van der Waals surface area contributed by atoms with Gasteiger partial charge in [-0.1, -0.05) is 101 Å². The Balaban J connectivity index is 2.08. The van der Waals surface area contributed by atoms with Crippen molar-refractivity contribution in [3.05, 3.63) is 60.7 Å². The Hall–Kier alpha value is -1.46. The predicted molar refractivity (Wildman–Crippen MR) is 124 cm³/mol. The van der Waals surface area contributed by atoms with Crippen LogP contribution in [0, 0.1) is 5.92 Å². The molecule has 2 N–H and O–H groups in total. The van der Waals surface area contributed by atoms with Crippen LogP contribution in [0.5, 0.6) is 0 Å². The highest BCUT2D eigenvalue weighted by atomic mass is 28.4. The summed E-state index contributed by atoms with van der Waals surface area (Å²) in [6, 6.07) is 21.5. The van der Waals surface area contributed by atoms with Crippen molar-refractivity contribution >= 4 is 18.7 Å². The zero-order valence-corrected chi connectivity index (χ0v) is 19.3. The van der Waals surface area contributed by atoms with Crippen LogP contribution in [0.1, 0.15) is 52.9 Å². The molecule has 2 rings (SSSR count). The molecule has 2 aromatic rings. The highest BCUT2D eigenvalue weighted by Gasteiger charge is 2.49. The number of benzene rings is 2. The van der Waals surface area contributed by atoms with Crippen molar-refractivity contribution in [2.75, 3.05) is 19.8 Å². The van der Waals surface area contributed by atoms with Gasteiger partial charge in [0.25, 0.3) is 8.32 Å². The molecule has 0 amide bonds. The maximum atomic E-state index is 9.17. The average Bonchev–Trinajstić information content (AvgIpc) is 2.73. The van der Waals surface area contributed by atoms with Gasteiger partial charge in [0.05, 0.1) is 0 Å². The Kier molecular flexibility index (Phi) is 9.57. The third-order valence-corrected chi connectivity index (χ3v) is 10.8. The fraction of sp³-hybridized carbons (Fsp3) is 0.520. The Morgan fingerprint density at radius 3 is 1.69 bits per heavy atom.